The fourth-order valence-corrected chi connectivity index (χ4v) is 3.28. The molecular weight excluding hydrogens is 375 g/mol. The van der Waals surface area contributed by atoms with E-state index in [1.807, 2.05) is 36.6 Å². The van der Waals surface area contributed by atoms with Crippen LogP contribution in [0.4, 0.5) is 18.9 Å². The molecule has 0 aliphatic carbocycles. The number of nitrogens with zero attached hydrogens (tertiary/aromatic N) is 2. The zero-order chi connectivity index (χ0) is 19.6. The van der Waals surface area contributed by atoms with Crippen molar-refractivity contribution in [3.05, 3.63) is 71.3 Å². The quantitative estimate of drug-likeness (QED) is 0.509. The number of hydrogen-bond donors (Lipinski definition) is 1. The summed E-state index contributed by atoms with van der Waals surface area (Å²) in [5.74, 6) is -4.20. The molecule has 0 aliphatic rings. The number of nitrogens with one attached hydrogen (secondary N) is 1. The maximum Gasteiger partial charge on any atom is 0.234 e. The Morgan fingerprint density at radius 3 is 2.67 bits per heavy atom. The zero-order valence-electron chi connectivity index (χ0n) is 14.6. The molecule has 8 heteroatoms. The minimum absolute atomic E-state index is 0.0691. The van der Waals surface area contributed by atoms with E-state index in [-0.39, 0.29) is 5.75 Å². The normalized spacial score (nSPS) is 10.9. The highest BCUT2D eigenvalue weighted by atomic mass is 32.2. The number of thioether (sulfide) groups is 1. The average Bonchev–Trinajstić information content (AvgIpc) is 3.08. The molecule has 0 spiro atoms. The van der Waals surface area contributed by atoms with Gasteiger partial charge in [-0.05, 0) is 31.0 Å². The van der Waals surface area contributed by atoms with Gasteiger partial charge in [0.05, 0.1) is 17.1 Å². The molecule has 0 saturated heterocycles. The molecule has 0 atom stereocenters. The smallest absolute Gasteiger partial charge is 0.234 e. The summed E-state index contributed by atoms with van der Waals surface area (Å²) in [5.41, 5.74) is 2.76. The molecule has 4 nitrogen and oxygen atoms in total. The number of carbonyl (C=O) groups excluding carboxylic acids is 1. The Morgan fingerprint density at radius 1 is 1.15 bits per heavy atom. The maximum atomic E-state index is 13.6. The van der Waals surface area contributed by atoms with Crippen molar-refractivity contribution in [2.45, 2.75) is 19.0 Å². The van der Waals surface area contributed by atoms with Crippen LogP contribution >= 0.6 is 11.8 Å². The summed E-state index contributed by atoms with van der Waals surface area (Å²) < 4.78 is 41.7. The zero-order valence-corrected chi connectivity index (χ0v) is 15.4. The van der Waals surface area contributed by atoms with Crippen LogP contribution in [-0.4, -0.2) is 21.2 Å². The molecule has 140 valence electrons. The van der Waals surface area contributed by atoms with Gasteiger partial charge in [0.2, 0.25) is 5.91 Å². The highest BCUT2D eigenvalue weighted by molar-refractivity contribution is 7.99. The molecular formula is C19H16F3N3OS. The monoisotopic (exact) mass is 391 g/mol. The van der Waals surface area contributed by atoms with Gasteiger partial charge in [-0.15, -0.1) is 0 Å². The van der Waals surface area contributed by atoms with Gasteiger partial charge in [-0.1, -0.05) is 23.9 Å². The third-order valence-corrected chi connectivity index (χ3v) is 5.03. The Balaban J connectivity index is 1.71. The van der Waals surface area contributed by atoms with Gasteiger partial charge in [0.15, 0.2) is 16.8 Å². The second kappa shape index (κ2) is 7.87. The number of aryl methyl sites for hydroxylation is 1. The van der Waals surface area contributed by atoms with Crippen molar-refractivity contribution in [1.82, 2.24) is 9.55 Å². The molecule has 0 fully saturated rings. The Labute approximate surface area is 158 Å². The first-order valence-electron chi connectivity index (χ1n) is 8.04. The summed E-state index contributed by atoms with van der Waals surface area (Å²) >= 11 is 1.15. The molecule has 2 aromatic carbocycles. The summed E-state index contributed by atoms with van der Waals surface area (Å²) in [6.45, 7) is 4.00. The van der Waals surface area contributed by atoms with E-state index in [9.17, 15) is 18.0 Å². The van der Waals surface area contributed by atoms with Gasteiger partial charge < -0.3 is 5.32 Å². The molecule has 1 aromatic heterocycles. The summed E-state index contributed by atoms with van der Waals surface area (Å²) in [4.78, 5) is 16.3. The summed E-state index contributed by atoms with van der Waals surface area (Å²) in [6, 6.07) is 6.90. The molecule has 0 aliphatic heterocycles. The highest BCUT2D eigenvalue weighted by Crippen LogP contribution is 2.25. The Morgan fingerprint density at radius 2 is 1.89 bits per heavy atom. The van der Waals surface area contributed by atoms with Crippen LogP contribution in [0.3, 0.4) is 0 Å². The van der Waals surface area contributed by atoms with Gasteiger partial charge in [0.1, 0.15) is 5.82 Å². The van der Waals surface area contributed by atoms with Crippen LogP contribution in [0.1, 0.15) is 11.1 Å². The van der Waals surface area contributed by atoms with Gasteiger partial charge in [-0.25, -0.2) is 18.2 Å². The SMILES string of the molecule is Cc1cccc(-n2ccnc2SCC(=O)Nc2cc(F)c(F)cc2F)c1C. The van der Waals surface area contributed by atoms with E-state index in [4.69, 9.17) is 0 Å². The first-order valence-corrected chi connectivity index (χ1v) is 9.02. The van der Waals surface area contributed by atoms with Crippen LogP contribution in [0.15, 0.2) is 47.9 Å². The second-order valence-electron chi connectivity index (χ2n) is 5.88. The van der Waals surface area contributed by atoms with Gasteiger partial charge in [0, 0.05) is 24.5 Å². The fourth-order valence-electron chi connectivity index (χ4n) is 2.51. The number of halogens is 3. The molecule has 3 aromatic rings. The van der Waals surface area contributed by atoms with Crippen molar-refractivity contribution in [2.24, 2.45) is 0 Å². The van der Waals surface area contributed by atoms with E-state index in [2.05, 4.69) is 10.3 Å². The number of rotatable bonds is 5. The van der Waals surface area contributed by atoms with E-state index >= 15 is 0 Å². The number of imidazole rings is 1. The van der Waals surface area contributed by atoms with E-state index in [1.54, 1.807) is 12.4 Å². The van der Waals surface area contributed by atoms with E-state index in [0.717, 1.165) is 28.6 Å². The first-order chi connectivity index (χ1) is 12.9. The van der Waals surface area contributed by atoms with Gasteiger partial charge >= 0.3 is 0 Å². The Kier molecular flexibility index (Phi) is 5.55. The largest absolute Gasteiger partial charge is 0.323 e. The number of amides is 1. The molecule has 27 heavy (non-hydrogen) atoms. The van der Waals surface area contributed by atoms with Crippen molar-refractivity contribution < 1.29 is 18.0 Å². The predicted molar refractivity (Wildman–Crippen MR) is 98.7 cm³/mol. The molecule has 1 amide bonds. The molecule has 0 unspecified atom stereocenters. The lowest BCUT2D eigenvalue weighted by Crippen LogP contribution is -2.16. The summed E-state index contributed by atoms with van der Waals surface area (Å²) in [5, 5.41) is 2.83. The maximum absolute atomic E-state index is 13.6. The lowest BCUT2D eigenvalue weighted by molar-refractivity contribution is -0.113. The van der Waals surface area contributed by atoms with Gasteiger partial charge in [0.25, 0.3) is 0 Å². The Hall–Kier alpha value is -2.74. The predicted octanol–water partition coefficient (Wildman–Crippen LogP) is 4.64. The summed E-state index contributed by atoms with van der Waals surface area (Å²) in [7, 11) is 0. The van der Waals surface area contributed by atoms with Crippen LogP contribution < -0.4 is 5.32 Å². The topological polar surface area (TPSA) is 46.9 Å². The first kappa shape index (κ1) is 19.0. The molecule has 3 rings (SSSR count). The molecule has 0 radical (unpaired) electrons. The Bertz CT molecular complexity index is 1000. The van der Waals surface area contributed by atoms with Crippen LogP contribution in [0.2, 0.25) is 0 Å². The van der Waals surface area contributed by atoms with Crippen molar-refractivity contribution in [2.75, 3.05) is 11.1 Å². The second-order valence-corrected chi connectivity index (χ2v) is 6.82. The fraction of sp³-hybridized carbons (Fsp3) is 0.158. The van der Waals surface area contributed by atoms with E-state index < -0.39 is 29.0 Å². The van der Waals surface area contributed by atoms with E-state index in [1.165, 1.54) is 0 Å². The summed E-state index contributed by atoms with van der Waals surface area (Å²) in [6.07, 6.45) is 3.41. The van der Waals surface area contributed by atoms with Crippen LogP contribution in [0.25, 0.3) is 5.69 Å². The number of aromatic nitrogens is 2. The number of benzene rings is 2. The van der Waals surface area contributed by atoms with E-state index in [0.29, 0.717) is 17.3 Å². The van der Waals surface area contributed by atoms with Crippen molar-refractivity contribution >= 4 is 23.4 Å². The third-order valence-electron chi connectivity index (χ3n) is 4.06. The standard InChI is InChI=1S/C19H16F3N3OS/c1-11-4-3-5-17(12(11)2)25-7-6-23-19(25)27-10-18(26)24-16-9-14(21)13(20)8-15(16)22/h3-9H,10H2,1-2H3,(H,24,26). The van der Waals surface area contributed by atoms with Crippen LogP contribution in [0.5, 0.6) is 0 Å². The van der Waals surface area contributed by atoms with Crippen LogP contribution in [-0.2, 0) is 4.79 Å². The van der Waals surface area contributed by atoms with Gasteiger partial charge in [-0.3, -0.25) is 9.36 Å². The molecule has 1 heterocycles. The molecule has 1 N–H and O–H groups in total. The minimum atomic E-state index is -1.31. The number of anilines is 1. The third kappa shape index (κ3) is 4.16. The van der Waals surface area contributed by atoms with Gasteiger partial charge in [-0.2, -0.15) is 0 Å². The van der Waals surface area contributed by atoms with Crippen molar-refractivity contribution in [3.8, 4) is 5.69 Å². The average molecular weight is 391 g/mol. The lowest BCUT2D eigenvalue weighted by atomic mass is 10.1. The molecule has 0 saturated carbocycles. The highest BCUT2D eigenvalue weighted by Gasteiger charge is 2.14. The molecule has 0 bridgehead atoms. The number of carbonyl (C=O) groups is 1. The number of hydrogen-bond acceptors (Lipinski definition) is 3. The minimum Gasteiger partial charge on any atom is -0.323 e. The van der Waals surface area contributed by atoms with Crippen molar-refractivity contribution in [1.29, 1.82) is 0 Å². The van der Waals surface area contributed by atoms with Crippen LogP contribution in [0, 0.1) is 31.3 Å². The van der Waals surface area contributed by atoms with Crippen molar-refractivity contribution in [3.63, 3.8) is 0 Å². The lowest BCUT2D eigenvalue weighted by Gasteiger charge is -2.12.